The first kappa shape index (κ1) is 24.0. The van der Waals surface area contributed by atoms with Crippen LogP contribution in [0, 0.1) is 0 Å². The number of nitrogens with one attached hydrogen (secondary N) is 1. The van der Waals surface area contributed by atoms with Crippen LogP contribution in [0.15, 0.2) is 108 Å². The van der Waals surface area contributed by atoms with E-state index < -0.39 is 0 Å². The number of para-hydroxylation sites is 2. The highest BCUT2D eigenvalue weighted by Crippen LogP contribution is 2.38. The molecule has 0 fully saturated rings. The lowest BCUT2D eigenvalue weighted by atomic mass is 10.1. The molecule has 1 aromatic heterocycles. The van der Waals surface area contributed by atoms with Crippen LogP contribution in [0.1, 0.15) is 0 Å². The maximum Gasteiger partial charge on any atom is 0.244 e. The molecule has 0 aliphatic rings. The highest BCUT2D eigenvalue weighted by molar-refractivity contribution is 6.37. The van der Waals surface area contributed by atoms with Gasteiger partial charge in [0.15, 0.2) is 5.43 Å². The first-order valence-electron chi connectivity index (χ1n) is 11.9. The van der Waals surface area contributed by atoms with Gasteiger partial charge in [0.2, 0.25) is 5.91 Å². The van der Waals surface area contributed by atoms with E-state index in [0.29, 0.717) is 49.0 Å². The normalized spacial score (nSPS) is 11.2. The van der Waals surface area contributed by atoms with E-state index in [-0.39, 0.29) is 17.9 Å². The van der Waals surface area contributed by atoms with E-state index in [2.05, 4.69) is 5.32 Å². The summed E-state index contributed by atoms with van der Waals surface area (Å²) in [5.74, 6) is 0.645. The number of benzene rings is 5. The fourth-order valence-corrected chi connectivity index (χ4v) is 5.16. The van der Waals surface area contributed by atoms with Gasteiger partial charge in [0.1, 0.15) is 18.0 Å². The van der Waals surface area contributed by atoms with Crippen molar-refractivity contribution >= 4 is 67.4 Å². The first-order chi connectivity index (χ1) is 18.5. The molecule has 0 radical (unpaired) electrons. The highest BCUT2D eigenvalue weighted by Gasteiger charge is 2.14. The Balaban J connectivity index is 1.26. The molecule has 1 amide bonds. The van der Waals surface area contributed by atoms with Crippen LogP contribution < -0.4 is 15.5 Å². The number of hydrogen-bond donors (Lipinski definition) is 1. The average Bonchev–Trinajstić information content (AvgIpc) is 2.94. The third kappa shape index (κ3) is 4.36. The molecule has 7 heteroatoms. The molecule has 0 saturated heterocycles. The molecule has 1 N–H and O–H groups in total. The van der Waals surface area contributed by atoms with Crippen molar-refractivity contribution in [3.63, 3.8) is 0 Å². The molecule has 38 heavy (non-hydrogen) atoms. The molecule has 0 spiro atoms. The van der Waals surface area contributed by atoms with Crippen molar-refractivity contribution in [2.24, 2.45) is 0 Å². The molecule has 0 unspecified atom stereocenters. The van der Waals surface area contributed by atoms with Gasteiger partial charge in [-0.25, -0.2) is 0 Å². The molecule has 1 heterocycles. The van der Waals surface area contributed by atoms with Gasteiger partial charge in [-0.15, -0.1) is 0 Å². The summed E-state index contributed by atoms with van der Waals surface area (Å²) in [4.78, 5) is 26.1. The minimum atomic E-state index is -0.258. The molecular formula is C31H20Cl2N2O3. The number of aromatic nitrogens is 1. The summed E-state index contributed by atoms with van der Waals surface area (Å²) in [5.41, 5.74) is 1.86. The van der Waals surface area contributed by atoms with Gasteiger partial charge in [-0.3, -0.25) is 9.59 Å². The maximum atomic E-state index is 13.1. The Morgan fingerprint density at radius 2 is 1.34 bits per heavy atom. The molecule has 5 nitrogen and oxygen atoms in total. The molecule has 0 atom stereocenters. The summed E-state index contributed by atoms with van der Waals surface area (Å²) in [6.07, 6.45) is 0. The van der Waals surface area contributed by atoms with E-state index in [0.717, 1.165) is 10.8 Å². The minimum Gasteiger partial charge on any atom is -0.454 e. The summed E-state index contributed by atoms with van der Waals surface area (Å²) in [6, 6.07) is 31.1. The van der Waals surface area contributed by atoms with Gasteiger partial charge in [0.25, 0.3) is 0 Å². The van der Waals surface area contributed by atoms with Crippen LogP contribution in [-0.4, -0.2) is 10.5 Å². The van der Waals surface area contributed by atoms with Crippen molar-refractivity contribution in [1.82, 2.24) is 4.57 Å². The van der Waals surface area contributed by atoms with E-state index in [1.807, 2.05) is 71.3 Å². The van der Waals surface area contributed by atoms with Gasteiger partial charge < -0.3 is 14.6 Å². The maximum absolute atomic E-state index is 13.1. The van der Waals surface area contributed by atoms with Crippen LogP contribution in [0.2, 0.25) is 10.0 Å². The average molecular weight is 539 g/mol. The molecule has 6 aromatic rings. The monoisotopic (exact) mass is 538 g/mol. The lowest BCUT2D eigenvalue weighted by Gasteiger charge is -2.16. The third-order valence-electron chi connectivity index (χ3n) is 6.44. The number of carbonyl (C=O) groups is 1. The second-order valence-corrected chi connectivity index (χ2v) is 9.63. The Morgan fingerprint density at radius 1 is 0.737 bits per heavy atom. The lowest BCUT2D eigenvalue weighted by molar-refractivity contribution is -0.116. The highest BCUT2D eigenvalue weighted by atomic mass is 35.5. The zero-order valence-corrected chi connectivity index (χ0v) is 21.5. The Kier molecular flexibility index (Phi) is 6.24. The van der Waals surface area contributed by atoms with Crippen molar-refractivity contribution in [1.29, 1.82) is 0 Å². The number of amides is 1. The first-order valence-corrected chi connectivity index (χ1v) is 12.7. The third-order valence-corrected chi connectivity index (χ3v) is 7.13. The van der Waals surface area contributed by atoms with Gasteiger partial charge in [0, 0.05) is 21.8 Å². The van der Waals surface area contributed by atoms with Crippen molar-refractivity contribution in [3.05, 3.63) is 123 Å². The summed E-state index contributed by atoms with van der Waals surface area (Å²) < 4.78 is 7.85. The number of carbonyl (C=O) groups excluding carboxylic acids is 1. The largest absolute Gasteiger partial charge is 0.454 e. The smallest absolute Gasteiger partial charge is 0.244 e. The van der Waals surface area contributed by atoms with Crippen LogP contribution in [0.4, 0.5) is 5.69 Å². The van der Waals surface area contributed by atoms with Gasteiger partial charge in [0.05, 0.1) is 21.1 Å². The van der Waals surface area contributed by atoms with Crippen LogP contribution >= 0.6 is 23.2 Å². The van der Waals surface area contributed by atoms with Crippen molar-refractivity contribution in [3.8, 4) is 11.5 Å². The van der Waals surface area contributed by atoms with E-state index in [1.54, 1.807) is 36.4 Å². The fraction of sp³-hybridized carbons (Fsp3) is 0.0323. The summed E-state index contributed by atoms with van der Waals surface area (Å²) in [6.45, 7) is 0.0177. The zero-order chi connectivity index (χ0) is 26.2. The van der Waals surface area contributed by atoms with Gasteiger partial charge in [-0.1, -0.05) is 77.8 Å². The van der Waals surface area contributed by atoms with Crippen molar-refractivity contribution in [2.45, 2.75) is 6.54 Å². The number of rotatable bonds is 5. The summed E-state index contributed by atoms with van der Waals surface area (Å²) >= 11 is 13.1. The van der Waals surface area contributed by atoms with Crippen LogP contribution in [0.25, 0.3) is 32.6 Å². The molecule has 0 bridgehead atoms. The Hall–Kier alpha value is -4.32. The van der Waals surface area contributed by atoms with E-state index in [1.165, 1.54) is 0 Å². The number of fused-ring (bicyclic) bond motifs is 3. The lowest BCUT2D eigenvalue weighted by Crippen LogP contribution is -2.21. The van der Waals surface area contributed by atoms with Gasteiger partial charge >= 0.3 is 0 Å². The van der Waals surface area contributed by atoms with Gasteiger partial charge in [-0.05, 0) is 53.9 Å². The van der Waals surface area contributed by atoms with Crippen molar-refractivity contribution in [2.75, 3.05) is 5.32 Å². The SMILES string of the molecule is O=C(Cn1c2ccccc2c(=O)c2ccccc21)Nc1ccc(Oc2ccc3ccccc3c2Cl)c(Cl)c1. The molecule has 186 valence electrons. The second-order valence-electron chi connectivity index (χ2n) is 8.84. The zero-order valence-electron chi connectivity index (χ0n) is 19.9. The molecule has 0 saturated carbocycles. The van der Waals surface area contributed by atoms with E-state index in [9.17, 15) is 9.59 Å². The molecule has 0 aliphatic heterocycles. The van der Waals surface area contributed by atoms with Crippen molar-refractivity contribution < 1.29 is 9.53 Å². The van der Waals surface area contributed by atoms with E-state index >= 15 is 0 Å². The molecule has 5 aromatic carbocycles. The number of halogens is 2. The minimum absolute atomic E-state index is 0.0177. The number of pyridine rings is 1. The molecule has 0 aliphatic carbocycles. The van der Waals surface area contributed by atoms with Gasteiger partial charge in [-0.2, -0.15) is 0 Å². The predicted octanol–water partition coefficient (Wildman–Crippen LogP) is 8.05. The summed E-state index contributed by atoms with van der Waals surface area (Å²) in [7, 11) is 0. The fourth-order valence-electron chi connectivity index (χ4n) is 4.66. The quantitative estimate of drug-likeness (QED) is 0.226. The second kappa shape index (κ2) is 9.86. The standard InChI is InChI=1S/C31H20Cl2N2O3/c32-24-17-20(14-16-27(24)38-28-15-13-19-7-1-2-8-21(19)30(28)33)34-29(36)18-35-25-11-5-3-9-22(25)31(37)23-10-4-6-12-26(23)35/h1-17H,18H2,(H,34,36). The Bertz CT molecular complexity index is 1870. The topological polar surface area (TPSA) is 60.3 Å². The Labute approximate surface area is 227 Å². The number of hydrogen-bond acceptors (Lipinski definition) is 3. The summed E-state index contributed by atoms with van der Waals surface area (Å²) in [5, 5.41) is 6.75. The number of ether oxygens (including phenoxy) is 1. The predicted molar refractivity (Wildman–Crippen MR) is 155 cm³/mol. The van der Waals surface area contributed by atoms with E-state index in [4.69, 9.17) is 27.9 Å². The number of nitrogens with zero attached hydrogens (tertiary/aromatic N) is 1. The van der Waals surface area contributed by atoms with Crippen LogP contribution in [0.5, 0.6) is 11.5 Å². The Morgan fingerprint density at radius 3 is 2.03 bits per heavy atom. The number of anilines is 1. The van der Waals surface area contributed by atoms with Crippen LogP contribution in [0.3, 0.4) is 0 Å². The van der Waals surface area contributed by atoms with Crippen LogP contribution in [-0.2, 0) is 11.3 Å². The molecular weight excluding hydrogens is 519 g/mol. The molecule has 6 rings (SSSR count).